The van der Waals surface area contributed by atoms with E-state index in [1.54, 1.807) is 11.8 Å². The molecule has 8 nitrogen and oxygen atoms in total. The largest absolute Gasteiger partial charge is 0.382 e. The summed E-state index contributed by atoms with van der Waals surface area (Å²) in [6.07, 6.45) is 4.88. The van der Waals surface area contributed by atoms with E-state index in [-0.39, 0.29) is 0 Å². The van der Waals surface area contributed by atoms with Crippen LogP contribution in [0.2, 0.25) is 0 Å². The third-order valence-electron chi connectivity index (χ3n) is 4.68. The number of imidazole rings is 1. The monoisotopic (exact) mass is 404 g/mol. The van der Waals surface area contributed by atoms with E-state index in [1.807, 2.05) is 4.57 Å². The average Bonchev–Trinajstić information content (AvgIpc) is 3.21. The van der Waals surface area contributed by atoms with Crippen LogP contribution < -0.4 is 10.5 Å². The van der Waals surface area contributed by atoms with Crippen LogP contribution >= 0.6 is 11.8 Å². The number of nitrogen functional groups attached to an aromatic ring is 1. The lowest BCUT2D eigenvalue weighted by Gasteiger charge is -2.11. The lowest BCUT2D eigenvalue weighted by atomic mass is 10.1. The van der Waals surface area contributed by atoms with Gasteiger partial charge in [-0.25, -0.2) is 23.9 Å². The first-order valence-electron chi connectivity index (χ1n) is 8.64. The summed E-state index contributed by atoms with van der Waals surface area (Å²) < 4.78 is 24.3. The van der Waals surface area contributed by atoms with Crippen LogP contribution in [0.25, 0.3) is 11.2 Å². The topological polar surface area (TPSA) is 119 Å². The zero-order valence-corrected chi connectivity index (χ0v) is 16.4. The molecule has 1 atom stereocenters. The van der Waals surface area contributed by atoms with E-state index in [2.05, 4.69) is 38.7 Å². The van der Waals surface area contributed by atoms with Crippen LogP contribution in [0.1, 0.15) is 23.1 Å². The summed E-state index contributed by atoms with van der Waals surface area (Å²) in [4.78, 5) is 14.1. The van der Waals surface area contributed by atoms with Crippen molar-refractivity contribution in [3.05, 3.63) is 35.2 Å². The molecule has 1 aliphatic carbocycles. The van der Waals surface area contributed by atoms with E-state index in [1.165, 1.54) is 29.4 Å². The highest BCUT2D eigenvalue weighted by Crippen LogP contribution is 2.36. The number of aryl methyl sites for hydroxylation is 3. The Morgan fingerprint density at radius 1 is 1.33 bits per heavy atom. The Morgan fingerprint density at radius 2 is 2.11 bits per heavy atom. The Morgan fingerprint density at radius 3 is 2.89 bits per heavy atom. The number of nitrogens with two attached hydrogens (primary N) is 1. The van der Waals surface area contributed by atoms with Crippen molar-refractivity contribution in [1.29, 1.82) is 0 Å². The molecule has 0 aliphatic heterocycles. The Bertz CT molecular complexity index is 1040. The second-order valence-electron chi connectivity index (χ2n) is 6.46. The highest BCUT2D eigenvalue weighted by molar-refractivity contribution is 7.99. The summed E-state index contributed by atoms with van der Waals surface area (Å²) in [5, 5.41) is 0.740. The first-order valence-corrected chi connectivity index (χ1v) is 10.6. The SMILES string of the molecule is Cc1cc2c(cc1Sc1nc3c(N)ncnc3n1CCNS(=O)O)CCC2. The van der Waals surface area contributed by atoms with Gasteiger partial charge in [0, 0.05) is 18.0 Å². The standard InChI is InChI=1S/C17H20N6O2S2/c1-10-7-11-3-2-4-12(11)8-13(10)26-17-22-14-15(18)19-9-20-16(14)23(17)6-5-21-27(24)25/h7-9,21H,2-6H2,1H3,(H,24,25)(H2,18,19,20). The van der Waals surface area contributed by atoms with Crippen LogP contribution in [-0.2, 0) is 30.7 Å². The van der Waals surface area contributed by atoms with Gasteiger partial charge in [-0.2, -0.15) is 0 Å². The fourth-order valence-electron chi connectivity index (χ4n) is 3.39. The van der Waals surface area contributed by atoms with Crippen LogP contribution in [0.5, 0.6) is 0 Å². The van der Waals surface area contributed by atoms with Crippen molar-refractivity contribution in [3.63, 3.8) is 0 Å². The highest BCUT2D eigenvalue weighted by Gasteiger charge is 2.19. The van der Waals surface area contributed by atoms with Gasteiger partial charge in [-0.3, -0.25) is 4.55 Å². The van der Waals surface area contributed by atoms with Crippen molar-refractivity contribution >= 4 is 40.0 Å². The Balaban J connectivity index is 1.72. The molecule has 0 radical (unpaired) electrons. The number of rotatable bonds is 6. The molecule has 1 unspecified atom stereocenters. The maximum absolute atomic E-state index is 10.9. The normalized spacial score (nSPS) is 14.6. The van der Waals surface area contributed by atoms with Crippen LogP contribution in [0, 0.1) is 6.92 Å². The van der Waals surface area contributed by atoms with E-state index < -0.39 is 11.3 Å². The summed E-state index contributed by atoms with van der Waals surface area (Å²) >= 11 is -0.499. The lowest BCUT2D eigenvalue weighted by molar-refractivity contribution is 0.539. The van der Waals surface area contributed by atoms with Crippen LogP contribution in [0.15, 0.2) is 28.5 Å². The van der Waals surface area contributed by atoms with E-state index in [9.17, 15) is 4.21 Å². The zero-order chi connectivity index (χ0) is 19.0. The number of nitrogens with zero attached hydrogens (tertiary/aromatic N) is 4. The van der Waals surface area contributed by atoms with Crippen LogP contribution in [-0.4, -0.2) is 34.8 Å². The first-order chi connectivity index (χ1) is 13.0. The number of benzene rings is 1. The van der Waals surface area contributed by atoms with Gasteiger partial charge in [-0.1, -0.05) is 17.8 Å². The number of fused-ring (bicyclic) bond motifs is 2. The molecule has 4 rings (SSSR count). The van der Waals surface area contributed by atoms with Gasteiger partial charge in [0.2, 0.25) is 11.3 Å². The summed E-state index contributed by atoms with van der Waals surface area (Å²) in [5.41, 5.74) is 11.2. The molecule has 2 heterocycles. The third-order valence-corrected chi connectivity index (χ3v) is 6.28. The van der Waals surface area contributed by atoms with Crippen molar-refractivity contribution in [3.8, 4) is 0 Å². The molecule has 0 saturated heterocycles. The fraction of sp³-hybridized carbons (Fsp3) is 0.353. The number of nitrogens with one attached hydrogen (secondary N) is 1. The molecule has 2 aromatic heterocycles. The minimum absolute atomic E-state index is 0.301. The summed E-state index contributed by atoms with van der Waals surface area (Å²) in [5.74, 6) is 0.324. The van der Waals surface area contributed by atoms with Gasteiger partial charge < -0.3 is 10.3 Å². The van der Waals surface area contributed by atoms with Gasteiger partial charge in [0.05, 0.1) is 0 Å². The second-order valence-corrected chi connectivity index (χ2v) is 8.26. The molecular weight excluding hydrogens is 384 g/mol. The van der Waals surface area contributed by atoms with Gasteiger partial charge >= 0.3 is 0 Å². The van der Waals surface area contributed by atoms with Crippen molar-refractivity contribution < 1.29 is 8.76 Å². The smallest absolute Gasteiger partial charge is 0.231 e. The summed E-state index contributed by atoms with van der Waals surface area (Å²) in [6.45, 7) is 2.85. The van der Waals surface area contributed by atoms with Crippen molar-refractivity contribution in [1.82, 2.24) is 24.2 Å². The number of hydrogen-bond donors (Lipinski definition) is 3. The molecule has 27 heavy (non-hydrogen) atoms. The number of anilines is 1. The van der Waals surface area contributed by atoms with E-state index >= 15 is 0 Å². The Labute approximate surface area is 163 Å². The van der Waals surface area contributed by atoms with E-state index in [4.69, 9.17) is 10.3 Å². The third kappa shape index (κ3) is 3.70. The molecule has 3 aromatic rings. The molecule has 142 valence electrons. The predicted molar refractivity (Wildman–Crippen MR) is 106 cm³/mol. The zero-order valence-electron chi connectivity index (χ0n) is 14.8. The molecule has 1 aliphatic rings. The van der Waals surface area contributed by atoms with Gasteiger partial charge in [-0.05, 0) is 48.9 Å². The first kappa shape index (κ1) is 18.4. The quantitative estimate of drug-likeness (QED) is 0.538. The van der Waals surface area contributed by atoms with Crippen molar-refractivity contribution in [2.75, 3.05) is 12.3 Å². The molecule has 1 aromatic carbocycles. The minimum Gasteiger partial charge on any atom is -0.382 e. The van der Waals surface area contributed by atoms with Gasteiger partial charge in [-0.15, -0.1) is 0 Å². The fourth-order valence-corrected chi connectivity index (χ4v) is 4.70. The molecule has 4 N–H and O–H groups in total. The Kier molecular flexibility index (Phi) is 5.13. The van der Waals surface area contributed by atoms with Gasteiger partial charge in [0.1, 0.15) is 6.33 Å². The van der Waals surface area contributed by atoms with Crippen molar-refractivity contribution in [2.45, 2.75) is 42.8 Å². The second kappa shape index (κ2) is 7.55. The summed E-state index contributed by atoms with van der Waals surface area (Å²) in [6, 6.07) is 4.52. The van der Waals surface area contributed by atoms with Gasteiger partial charge in [0.15, 0.2) is 22.1 Å². The molecule has 10 heteroatoms. The molecule has 0 bridgehead atoms. The van der Waals surface area contributed by atoms with Gasteiger partial charge in [0.25, 0.3) is 0 Å². The van der Waals surface area contributed by atoms with Crippen LogP contribution in [0.4, 0.5) is 5.82 Å². The molecule has 0 saturated carbocycles. The molecule has 0 amide bonds. The lowest BCUT2D eigenvalue weighted by Crippen LogP contribution is -2.22. The number of hydrogen-bond acceptors (Lipinski definition) is 6. The molecule has 0 fully saturated rings. The average molecular weight is 405 g/mol. The maximum atomic E-state index is 10.9. The summed E-state index contributed by atoms with van der Waals surface area (Å²) in [7, 11) is 0. The minimum atomic E-state index is -2.06. The van der Waals surface area contributed by atoms with Crippen molar-refractivity contribution in [2.24, 2.45) is 0 Å². The van der Waals surface area contributed by atoms with E-state index in [0.29, 0.717) is 30.1 Å². The molecule has 0 spiro atoms. The maximum Gasteiger partial charge on any atom is 0.231 e. The number of aromatic nitrogens is 4. The highest BCUT2D eigenvalue weighted by atomic mass is 32.2. The Hall–Kier alpha value is -2.01. The molecular formula is C17H20N6O2S2. The van der Waals surface area contributed by atoms with E-state index in [0.717, 1.165) is 22.9 Å². The predicted octanol–water partition coefficient (Wildman–Crippen LogP) is 2.08. The van der Waals surface area contributed by atoms with Crippen LogP contribution in [0.3, 0.4) is 0 Å².